The van der Waals surface area contributed by atoms with Gasteiger partial charge in [0.1, 0.15) is 0 Å². The molecule has 2 aliphatic heterocycles. The van der Waals surface area contributed by atoms with Crippen molar-refractivity contribution in [1.29, 1.82) is 0 Å². The summed E-state index contributed by atoms with van der Waals surface area (Å²) >= 11 is 0. The minimum Gasteiger partial charge on any atom is -0.342 e. The van der Waals surface area contributed by atoms with Crippen LogP contribution in [0.3, 0.4) is 0 Å². The Hall–Kier alpha value is -0.560. The van der Waals surface area contributed by atoms with E-state index in [1.807, 2.05) is 16.8 Å². The lowest BCUT2D eigenvalue weighted by atomic mass is 9.94. The van der Waals surface area contributed by atoms with Crippen LogP contribution in [0.15, 0.2) is 0 Å². The maximum atomic E-state index is 12.6. The zero-order valence-electron chi connectivity index (χ0n) is 16.5. The van der Waals surface area contributed by atoms with Crippen molar-refractivity contribution in [3.63, 3.8) is 0 Å². The van der Waals surface area contributed by atoms with Gasteiger partial charge >= 0.3 is 0 Å². The second kappa shape index (κ2) is 12.1. The molecule has 0 bridgehead atoms. The monoisotopic (exact) mass is 422 g/mol. The van der Waals surface area contributed by atoms with E-state index in [0.29, 0.717) is 18.5 Å². The van der Waals surface area contributed by atoms with Gasteiger partial charge in [0, 0.05) is 45.8 Å². The highest BCUT2D eigenvalue weighted by Gasteiger charge is 2.30. The van der Waals surface area contributed by atoms with Crippen molar-refractivity contribution in [1.82, 2.24) is 20.0 Å². The van der Waals surface area contributed by atoms with Crippen LogP contribution in [-0.4, -0.2) is 85.4 Å². The van der Waals surface area contributed by atoms with E-state index in [9.17, 15) is 9.59 Å². The highest BCUT2D eigenvalue weighted by atomic mass is 35.5. The van der Waals surface area contributed by atoms with Crippen LogP contribution in [-0.2, 0) is 9.59 Å². The van der Waals surface area contributed by atoms with Crippen molar-refractivity contribution in [3.8, 4) is 0 Å². The van der Waals surface area contributed by atoms with E-state index in [-0.39, 0.29) is 36.6 Å². The maximum absolute atomic E-state index is 12.6. The van der Waals surface area contributed by atoms with Crippen molar-refractivity contribution in [2.75, 3.05) is 52.9 Å². The van der Waals surface area contributed by atoms with Crippen molar-refractivity contribution in [2.45, 2.75) is 51.0 Å². The van der Waals surface area contributed by atoms with Crippen LogP contribution < -0.4 is 5.32 Å². The number of halogens is 2. The number of hydrogen-bond donors (Lipinski definition) is 1. The van der Waals surface area contributed by atoms with Gasteiger partial charge in [-0.05, 0) is 32.2 Å². The van der Waals surface area contributed by atoms with E-state index in [1.54, 1.807) is 0 Å². The van der Waals surface area contributed by atoms with Crippen molar-refractivity contribution in [2.24, 2.45) is 5.92 Å². The highest BCUT2D eigenvalue weighted by molar-refractivity contribution is 5.85. The van der Waals surface area contributed by atoms with E-state index >= 15 is 0 Å². The average molecular weight is 423 g/mol. The molecule has 2 saturated heterocycles. The van der Waals surface area contributed by atoms with Gasteiger partial charge in [0.05, 0.1) is 12.5 Å². The molecule has 158 valence electrons. The summed E-state index contributed by atoms with van der Waals surface area (Å²) in [6, 6.07) is 0.433. The third-order valence-corrected chi connectivity index (χ3v) is 6.20. The number of likely N-dealkylation sites (N-methyl/N-ethyl adjacent to an activating group) is 1. The zero-order valence-corrected chi connectivity index (χ0v) is 18.2. The Bertz CT molecular complexity index is 461. The van der Waals surface area contributed by atoms with Crippen LogP contribution in [0.5, 0.6) is 0 Å². The molecule has 3 fully saturated rings. The SMILES string of the molecule is CN(C(=O)CN1CCN(C(=O)C2CCCNC2)CC1)C1CCCCC1.Cl.Cl. The van der Waals surface area contributed by atoms with Crippen LogP contribution >= 0.6 is 24.8 Å². The third-order valence-electron chi connectivity index (χ3n) is 6.20. The largest absolute Gasteiger partial charge is 0.342 e. The number of carbonyl (C=O) groups is 2. The number of hydrogen-bond acceptors (Lipinski definition) is 4. The summed E-state index contributed by atoms with van der Waals surface area (Å²) in [6.07, 6.45) is 8.22. The number of piperidine rings is 1. The summed E-state index contributed by atoms with van der Waals surface area (Å²) in [5.74, 6) is 0.694. The number of piperazine rings is 1. The van der Waals surface area contributed by atoms with Gasteiger partial charge in [-0.3, -0.25) is 14.5 Å². The quantitative estimate of drug-likeness (QED) is 0.749. The Balaban J connectivity index is 0.00000182. The van der Waals surface area contributed by atoms with Gasteiger partial charge < -0.3 is 15.1 Å². The molecule has 8 heteroatoms. The van der Waals surface area contributed by atoms with E-state index < -0.39 is 0 Å². The Kier molecular flexibility index (Phi) is 11.0. The topological polar surface area (TPSA) is 55.9 Å². The summed E-state index contributed by atoms with van der Waals surface area (Å²) in [7, 11) is 1.97. The van der Waals surface area contributed by atoms with Crippen molar-refractivity contribution < 1.29 is 9.59 Å². The van der Waals surface area contributed by atoms with E-state index in [2.05, 4.69) is 10.2 Å². The smallest absolute Gasteiger partial charge is 0.236 e. The molecule has 2 heterocycles. The molecule has 27 heavy (non-hydrogen) atoms. The molecule has 1 unspecified atom stereocenters. The molecule has 0 aromatic rings. The Morgan fingerprint density at radius 1 is 0.963 bits per heavy atom. The van der Waals surface area contributed by atoms with Gasteiger partial charge in [-0.1, -0.05) is 19.3 Å². The number of nitrogens with zero attached hydrogens (tertiary/aromatic N) is 3. The standard InChI is InChI=1S/C19H34N4O2.2ClH/c1-21(17-7-3-2-4-8-17)18(24)15-22-10-12-23(13-11-22)19(25)16-6-5-9-20-14-16;;/h16-17,20H,2-15H2,1H3;2*1H. The molecule has 3 aliphatic rings. The minimum atomic E-state index is 0. The lowest BCUT2D eigenvalue weighted by molar-refractivity contribution is -0.139. The van der Waals surface area contributed by atoms with E-state index in [4.69, 9.17) is 0 Å². The predicted molar refractivity (Wildman–Crippen MR) is 113 cm³/mol. The molecule has 1 saturated carbocycles. The van der Waals surface area contributed by atoms with Crippen LogP contribution in [0.25, 0.3) is 0 Å². The van der Waals surface area contributed by atoms with Gasteiger partial charge in [-0.15, -0.1) is 24.8 Å². The average Bonchev–Trinajstić information content (AvgIpc) is 2.68. The third kappa shape index (κ3) is 6.77. The molecule has 6 nitrogen and oxygen atoms in total. The summed E-state index contributed by atoms with van der Waals surface area (Å²) in [5.41, 5.74) is 0. The van der Waals surface area contributed by atoms with Gasteiger partial charge in [-0.2, -0.15) is 0 Å². The fourth-order valence-corrected chi connectivity index (χ4v) is 4.42. The Morgan fingerprint density at radius 2 is 1.63 bits per heavy atom. The molecular formula is C19H36Cl2N4O2. The summed E-state index contributed by atoms with van der Waals surface area (Å²) < 4.78 is 0. The summed E-state index contributed by atoms with van der Waals surface area (Å²) in [5, 5.41) is 3.33. The first-order valence-corrected chi connectivity index (χ1v) is 10.1. The molecule has 1 N–H and O–H groups in total. The fraction of sp³-hybridized carbons (Fsp3) is 0.895. The minimum absolute atomic E-state index is 0. The number of rotatable bonds is 4. The van der Waals surface area contributed by atoms with E-state index in [1.165, 1.54) is 19.3 Å². The van der Waals surface area contributed by atoms with Crippen LogP contribution in [0, 0.1) is 5.92 Å². The second-order valence-corrected chi connectivity index (χ2v) is 7.94. The molecule has 3 rings (SSSR count). The molecule has 2 amide bonds. The first-order valence-electron chi connectivity index (χ1n) is 10.1. The molecule has 0 aromatic carbocycles. The molecule has 0 spiro atoms. The lowest BCUT2D eigenvalue weighted by Gasteiger charge is -2.38. The highest BCUT2D eigenvalue weighted by Crippen LogP contribution is 2.22. The van der Waals surface area contributed by atoms with Crippen molar-refractivity contribution in [3.05, 3.63) is 0 Å². The molecule has 1 atom stereocenters. The molecule has 0 radical (unpaired) electrons. The van der Waals surface area contributed by atoms with Crippen molar-refractivity contribution >= 4 is 36.6 Å². The molecule has 1 aliphatic carbocycles. The molecule has 0 aromatic heterocycles. The number of nitrogens with one attached hydrogen (secondary N) is 1. The Morgan fingerprint density at radius 3 is 2.22 bits per heavy atom. The fourth-order valence-electron chi connectivity index (χ4n) is 4.42. The Labute approximate surface area is 176 Å². The summed E-state index contributed by atoms with van der Waals surface area (Å²) in [4.78, 5) is 31.4. The normalized spacial score (nSPS) is 24.5. The summed E-state index contributed by atoms with van der Waals surface area (Å²) in [6.45, 7) is 5.51. The van der Waals surface area contributed by atoms with Gasteiger partial charge in [0.25, 0.3) is 0 Å². The van der Waals surface area contributed by atoms with Crippen LogP contribution in [0.2, 0.25) is 0 Å². The van der Waals surface area contributed by atoms with Gasteiger partial charge in [0.15, 0.2) is 0 Å². The maximum Gasteiger partial charge on any atom is 0.236 e. The number of amides is 2. The lowest BCUT2D eigenvalue weighted by Crippen LogP contribution is -2.54. The second-order valence-electron chi connectivity index (χ2n) is 7.94. The number of carbonyl (C=O) groups excluding carboxylic acids is 2. The predicted octanol–water partition coefficient (Wildman–Crippen LogP) is 1.76. The van der Waals surface area contributed by atoms with Crippen LogP contribution in [0.1, 0.15) is 44.9 Å². The zero-order chi connectivity index (χ0) is 17.6. The van der Waals surface area contributed by atoms with Gasteiger partial charge in [0.2, 0.25) is 11.8 Å². The first kappa shape index (κ1) is 24.5. The van der Waals surface area contributed by atoms with Gasteiger partial charge in [-0.25, -0.2) is 0 Å². The first-order chi connectivity index (χ1) is 12.1. The molecular weight excluding hydrogens is 387 g/mol. The van der Waals surface area contributed by atoms with Crippen LogP contribution in [0.4, 0.5) is 0 Å². The van der Waals surface area contributed by atoms with E-state index in [0.717, 1.165) is 65.0 Å².